The molecule has 0 spiro atoms. The van der Waals surface area contributed by atoms with E-state index in [2.05, 4.69) is 4.74 Å². The van der Waals surface area contributed by atoms with Crippen LogP contribution in [0.25, 0.3) is 0 Å². The summed E-state index contributed by atoms with van der Waals surface area (Å²) in [6.07, 6.45) is -4.87. The lowest BCUT2D eigenvalue weighted by Crippen LogP contribution is -2.23. The molecule has 0 fully saturated rings. The third-order valence-corrected chi connectivity index (χ3v) is 3.02. The number of rotatable bonds is 3. The molecular weight excluding hydrogens is 287 g/mol. The highest BCUT2D eigenvalue weighted by Crippen LogP contribution is 2.16. The zero-order valence-electron chi connectivity index (χ0n) is 9.69. The number of nitrogens with one attached hydrogen (secondary N) is 1. The first-order valence-electron chi connectivity index (χ1n) is 4.88. The van der Waals surface area contributed by atoms with Gasteiger partial charge in [-0.15, -0.1) is 0 Å². The molecule has 0 aliphatic carbocycles. The van der Waals surface area contributed by atoms with Crippen LogP contribution in [0.2, 0.25) is 0 Å². The lowest BCUT2D eigenvalue weighted by Gasteiger charge is -2.09. The summed E-state index contributed by atoms with van der Waals surface area (Å²) < 4.78 is 61.5. The maximum absolute atomic E-state index is 11.8. The molecule has 0 aromatic heterocycles. The quantitative estimate of drug-likeness (QED) is 0.928. The Hall–Kier alpha value is -1.77. The van der Waals surface area contributed by atoms with Crippen molar-refractivity contribution in [3.63, 3.8) is 0 Å². The molecule has 0 radical (unpaired) electrons. The summed E-state index contributed by atoms with van der Waals surface area (Å²) in [6.45, 7) is -1.69. The van der Waals surface area contributed by atoms with E-state index in [9.17, 15) is 26.4 Å². The fourth-order valence-corrected chi connectivity index (χ4v) is 1.72. The van der Waals surface area contributed by atoms with E-state index in [4.69, 9.17) is 0 Å². The predicted octanol–water partition coefficient (Wildman–Crippen LogP) is 2.20. The number of sulfone groups is 1. The van der Waals surface area contributed by atoms with Crippen molar-refractivity contribution in [2.24, 2.45) is 0 Å². The zero-order chi connectivity index (χ0) is 14.7. The second-order valence-electron chi connectivity index (χ2n) is 3.61. The van der Waals surface area contributed by atoms with E-state index in [1.165, 1.54) is 24.3 Å². The number of carbonyl (C=O) groups is 1. The van der Waals surface area contributed by atoms with E-state index >= 15 is 0 Å². The van der Waals surface area contributed by atoms with Crippen LogP contribution in [0.4, 0.5) is 23.7 Å². The number of hydrogen-bond acceptors (Lipinski definition) is 4. The molecule has 9 heteroatoms. The number of hydrogen-bond donors (Lipinski definition) is 1. The molecule has 0 unspecified atom stereocenters. The van der Waals surface area contributed by atoms with E-state index < -0.39 is 28.7 Å². The van der Waals surface area contributed by atoms with E-state index in [1.807, 2.05) is 5.32 Å². The molecular formula is C10H10F3NO4S. The van der Waals surface area contributed by atoms with Crippen LogP contribution in [0, 0.1) is 0 Å². The van der Waals surface area contributed by atoms with Crippen molar-refractivity contribution >= 4 is 21.6 Å². The Morgan fingerprint density at radius 3 is 2.21 bits per heavy atom. The third-order valence-electron chi connectivity index (χ3n) is 1.90. The highest BCUT2D eigenvalue weighted by Gasteiger charge is 2.29. The first-order valence-corrected chi connectivity index (χ1v) is 6.78. The van der Waals surface area contributed by atoms with Gasteiger partial charge in [0.05, 0.1) is 4.90 Å². The number of carbonyl (C=O) groups excluding carboxylic acids is 1. The molecule has 0 saturated carbocycles. The standard InChI is InChI=1S/C10H10F3NO4S/c1-19(16,17)8-4-2-7(3-5-8)14-9(15)18-6-10(11,12)13/h2-5H,6H2,1H3,(H,14,15). The summed E-state index contributed by atoms with van der Waals surface area (Å²) in [6, 6.07) is 4.92. The SMILES string of the molecule is CS(=O)(=O)c1ccc(NC(=O)OCC(F)(F)F)cc1. The van der Waals surface area contributed by atoms with Crippen molar-refractivity contribution in [3.8, 4) is 0 Å². The normalized spacial score (nSPS) is 12.0. The second kappa shape index (κ2) is 5.47. The Bertz CT molecular complexity index is 551. The zero-order valence-corrected chi connectivity index (χ0v) is 10.5. The summed E-state index contributed by atoms with van der Waals surface area (Å²) in [5.74, 6) is 0. The average molecular weight is 297 g/mol. The molecule has 1 N–H and O–H groups in total. The Morgan fingerprint density at radius 1 is 1.26 bits per heavy atom. The first-order chi connectivity index (χ1) is 8.58. The Labute approximate surface area is 107 Å². The molecule has 106 valence electrons. The minimum absolute atomic E-state index is 0.0294. The van der Waals surface area contributed by atoms with E-state index in [-0.39, 0.29) is 10.6 Å². The van der Waals surface area contributed by atoms with Crippen molar-refractivity contribution in [2.45, 2.75) is 11.1 Å². The molecule has 1 aromatic carbocycles. The highest BCUT2D eigenvalue weighted by atomic mass is 32.2. The van der Waals surface area contributed by atoms with Crippen LogP contribution in [0.5, 0.6) is 0 Å². The lowest BCUT2D eigenvalue weighted by atomic mass is 10.3. The Kier molecular flexibility index (Phi) is 4.40. The topological polar surface area (TPSA) is 72.5 Å². The van der Waals surface area contributed by atoms with Crippen LogP contribution >= 0.6 is 0 Å². The van der Waals surface area contributed by atoms with Gasteiger partial charge in [0.2, 0.25) is 0 Å². The number of amides is 1. The van der Waals surface area contributed by atoms with Gasteiger partial charge in [-0.3, -0.25) is 5.32 Å². The van der Waals surface area contributed by atoms with Gasteiger partial charge in [-0.2, -0.15) is 13.2 Å². The summed E-state index contributed by atoms with van der Waals surface area (Å²) in [5, 5.41) is 2.04. The van der Waals surface area contributed by atoms with Crippen LogP contribution in [-0.4, -0.2) is 33.5 Å². The molecule has 19 heavy (non-hydrogen) atoms. The summed E-state index contributed by atoms with van der Waals surface area (Å²) in [7, 11) is -3.37. The molecule has 0 bridgehead atoms. The van der Waals surface area contributed by atoms with Crippen molar-refractivity contribution in [1.29, 1.82) is 0 Å². The van der Waals surface area contributed by atoms with E-state index in [0.29, 0.717) is 0 Å². The van der Waals surface area contributed by atoms with Crippen LogP contribution < -0.4 is 5.32 Å². The second-order valence-corrected chi connectivity index (χ2v) is 5.63. The van der Waals surface area contributed by atoms with Gasteiger partial charge < -0.3 is 4.74 Å². The predicted molar refractivity (Wildman–Crippen MR) is 60.6 cm³/mol. The monoisotopic (exact) mass is 297 g/mol. The van der Waals surface area contributed by atoms with E-state index in [0.717, 1.165) is 6.26 Å². The first kappa shape index (κ1) is 15.3. The van der Waals surface area contributed by atoms with Gasteiger partial charge in [-0.25, -0.2) is 13.2 Å². The van der Waals surface area contributed by atoms with Crippen LogP contribution in [0.15, 0.2) is 29.2 Å². The van der Waals surface area contributed by atoms with Gasteiger partial charge in [0.1, 0.15) is 0 Å². The summed E-state index contributed by atoms with van der Waals surface area (Å²) >= 11 is 0. The third kappa shape index (κ3) is 5.60. The molecule has 0 atom stereocenters. The molecule has 0 aliphatic heterocycles. The van der Waals surface area contributed by atoms with Gasteiger partial charge in [-0.05, 0) is 24.3 Å². The molecule has 1 aromatic rings. The molecule has 0 saturated heterocycles. The van der Waals surface area contributed by atoms with Crippen molar-refractivity contribution < 1.29 is 31.1 Å². The molecule has 1 amide bonds. The number of alkyl halides is 3. The van der Waals surface area contributed by atoms with Gasteiger partial charge in [0.15, 0.2) is 16.4 Å². The summed E-state index contributed by atoms with van der Waals surface area (Å²) in [4.78, 5) is 11.0. The molecule has 5 nitrogen and oxygen atoms in total. The van der Waals surface area contributed by atoms with Crippen molar-refractivity contribution in [1.82, 2.24) is 0 Å². The van der Waals surface area contributed by atoms with Gasteiger partial charge in [-0.1, -0.05) is 0 Å². The minimum Gasteiger partial charge on any atom is -0.440 e. The van der Waals surface area contributed by atoms with Gasteiger partial charge in [0.25, 0.3) is 0 Å². The van der Waals surface area contributed by atoms with Crippen LogP contribution in [0.3, 0.4) is 0 Å². The Morgan fingerprint density at radius 2 is 1.79 bits per heavy atom. The maximum Gasteiger partial charge on any atom is 0.422 e. The lowest BCUT2D eigenvalue weighted by molar-refractivity contribution is -0.159. The smallest absolute Gasteiger partial charge is 0.422 e. The number of benzene rings is 1. The Balaban J connectivity index is 2.61. The minimum atomic E-state index is -4.60. The average Bonchev–Trinajstić information content (AvgIpc) is 2.25. The van der Waals surface area contributed by atoms with Crippen LogP contribution in [-0.2, 0) is 14.6 Å². The maximum atomic E-state index is 11.8. The summed E-state index contributed by atoms with van der Waals surface area (Å²) in [5.41, 5.74) is 0.125. The fourth-order valence-electron chi connectivity index (χ4n) is 1.09. The molecule has 1 rings (SSSR count). The van der Waals surface area contributed by atoms with Crippen LogP contribution in [0.1, 0.15) is 0 Å². The molecule has 0 aliphatic rings. The number of anilines is 1. The van der Waals surface area contributed by atoms with Crippen molar-refractivity contribution in [3.05, 3.63) is 24.3 Å². The van der Waals surface area contributed by atoms with Crippen molar-refractivity contribution in [2.75, 3.05) is 18.2 Å². The van der Waals surface area contributed by atoms with Gasteiger partial charge in [0, 0.05) is 11.9 Å². The largest absolute Gasteiger partial charge is 0.440 e. The molecule has 0 heterocycles. The highest BCUT2D eigenvalue weighted by molar-refractivity contribution is 7.90. The number of ether oxygens (including phenoxy) is 1. The van der Waals surface area contributed by atoms with Gasteiger partial charge >= 0.3 is 12.3 Å². The number of halogens is 3. The fraction of sp³-hybridized carbons (Fsp3) is 0.300. The van der Waals surface area contributed by atoms with E-state index in [1.54, 1.807) is 0 Å².